The van der Waals surface area contributed by atoms with Gasteiger partial charge in [-0.15, -0.1) is 0 Å². The van der Waals surface area contributed by atoms with E-state index >= 15 is 0 Å². The molecule has 4 rings (SSSR count). The number of carbonyl (C=O) groups excluding carboxylic acids is 1. The third-order valence-corrected chi connectivity index (χ3v) is 4.92. The number of fused-ring (bicyclic) bond motifs is 1. The van der Waals surface area contributed by atoms with Crippen LogP contribution < -0.4 is 5.43 Å². The van der Waals surface area contributed by atoms with Crippen LogP contribution in [0.1, 0.15) is 16.2 Å². The molecule has 1 fully saturated rings. The van der Waals surface area contributed by atoms with Gasteiger partial charge in [0.1, 0.15) is 5.58 Å². The highest BCUT2D eigenvalue weighted by Gasteiger charge is 2.24. The Kier molecular flexibility index (Phi) is 4.98. The summed E-state index contributed by atoms with van der Waals surface area (Å²) >= 11 is 0. The molecule has 0 aliphatic carbocycles. The maximum atomic E-state index is 12.7. The molecule has 1 saturated heterocycles. The molecule has 6 heteroatoms. The van der Waals surface area contributed by atoms with E-state index in [1.54, 1.807) is 29.2 Å². The number of aromatic nitrogens is 1. The van der Waals surface area contributed by atoms with Gasteiger partial charge in [-0.2, -0.15) is 0 Å². The Bertz CT molecular complexity index is 992. The monoisotopic (exact) mass is 363 g/mol. The van der Waals surface area contributed by atoms with E-state index in [1.165, 1.54) is 6.07 Å². The third kappa shape index (κ3) is 3.90. The van der Waals surface area contributed by atoms with Crippen molar-refractivity contribution in [2.75, 3.05) is 32.7 Å². The first-order valence-electron chi connectivity index (χ1n) is 9.15. The molecule has 1 amide bonds. The number of rotatable bonds is 4. The van der Waals surface area contributed by atoms with Gasteiger partial charge in [0.05, 0.1) is 5.39 Å². The van der Waals surface area contributed by atoms with E-state index in [0.717, 1.165) is 31.7 Å². The molecule has 3 heterocycles. The Morgan fingerprint density at radius 3 is 2.59 bits per heavy atom. The van der Waals surface area contributed by atoms with Gasteiger partial charge >= 0.3 is 0 Å². The second-order valence-corrected chi connectivity index (χ2v) is 6.68. The molecule has 6 nitrogen and oxygen atoms in total. The molecule has 0 spiro atoms. The average molecular weight is 363 g/mol. The van der Waals surface area contributed by atoms with Crippen LogP contribution in [0.5, 0.6) is 0 Å². The average Bonchev–Trinajstić information content (AvgIpc) is 2.73. The van der Waals surface area contributed by atoms with Gasteiger partial charge < -0.3 is 9.32 Å². The van der Waals surface area contributed by atoms with Crippen molar-refractivity contribution in [1.82, 2.24) is 14.8 Å². The molecule has 0 radical (unpaired) electrons. The van der Waals surface area contributed by atoms with E-state index in [4.69, 9.17) is 4.42 Å². The number of pyridine rings is 1. The van der Waals surface area contributed by atoms with Gasteiger partial charge in [0.15, 0.2) is 11.2 Å². The summed E-state index contributed by atoms with van der Waals surface area (Å²) in [6, 6.07) is 14.2. The minimum absolute atomic E-state index is 0.112. The number of carbonyl (C=O) groups is 1. The lowest BCUT2D eigenvalue weighted by molar-refractivity contribution is 0.0608. The fourth-order valence-electron chi connectivity index (χ4n) is 3.36. The first kappa shape index (κ1) is 17.4. The first-order chi connectivity index (χ1) is 13.2. The zero-order valence-corrected chi connectivity index (χ0v) is 15.0. The highest BCUT2D eigenvalue weighted by atomic mass is 16.3. The van der Waals surface area contributed by atoms with E-state index in [2.05, 4.69) is 9.88 Å². The summed E-state index contributed by atoms with van der Waals surface area (Å²) in [6.07, 6.45) is 2.71. The van der Waals surface area contributed by atoms with E-state index in [0.29, 0.717) is 24.1 Å². The van der Waals surface area contributed by atoms with Crippen molar-refractivity contribution in [3.8, 4) is 0 Å². The summed E-state index contributed by atoms with van der Waals surface area (Å²) < 4.78 is 5.68. The Balaban J connectivity index is 1.38. The second kappa shape index (κ2) is 7.72. The number of piperazine rings is 1. The van der Waals surface area contributed by atoms with Crippen molar-refractivity contribution in [1.29, 1.82) is 0 Å². The Morgan fingerprint density at radius 1 is 1.04 bits per heavy atom. The van der Waals surface area contributed by atoms with Crippen LogP contribution in [0.25, 0.3) is 11.0 Å². The van der Waals surface area contributed by atoms with Crippen molar-refractivity contribution in [2.24, 2.45) is 0 Å². The van der Waals surface area contributed by atoms with Gasteiger partial charge in [0, 0.05) is 57.1 Å². The van der Waals surface area contributed by atoms with Crippen molar-refractivity contribution in [3.05, 3.63) is 76.4 Å². The Morgan fingerprint density at radius 2 is 1.81 bits per heavy atom. The molecule has 2 aromatic heterocycles. The first-order valence-corrected chi connectivity index (χ1v) is 9.15. The summed E-state index contributed by atoms with van der Waals surface area (Å²) in [7, 11) is 0. The molecule has 1 aromatic carbocycles. The molecular formula is C21H21N3O3. The van der Waals surface area contributed by atoms with Crippen LogP contribution >= 0.6 is 0 Å². The normalized spacial score (nSPS) is 15.2. The summed E-state index contributed by atoms with van der Waals surface area (Å²) in [5.41, 5.74) is 1.34. The summed E-state index contributed by atoms with van der Waals surface area (Å²) in [4.78, 5) is 33.4. The van der Waals surface area contributed by atoms with Crippen LogP contribution in [-0.4, -0.2) is 53.4 Å². The van der Waals surface area contributed by atoms with Crippen LogP contribution in [0.2, 0.25) is 0 Å². The van der Waals surface area contributed by atoms with E-state index in [9.17, 15) is 9.59 Å². The van der Waals surface area contributed by atoms with Crippen molar-refractivity contribution in [3.63, 3.8) is 0 Å². The summed E-state index contributed by atoms with van der Waals surface area (Å²) in [6.45, 7) is 3.77. The van der Waals surface area contributed by atoms with Gasteiger partial charge in [0.2, 0.25) is 0 Å². The summed E-state index contributed by atoms with van der Waals surface area (Å²) in [5.74, 6) is -0.108. The van der Waals surface area contributed by atoms with Gasteiger partial charge in [-0.25, -0.2) is 0 Å². The molecule has 1 aliphatic rings. The molecule has 138 valence electrons. The lowest BCUT2D eigenvalue weighted by Gasteiger charge is -2.34. The highest BCUT2D eigenvalue weighted by molar-refractivity contribution is 5.93. The van der Waals surface area contributed by atoms with Crippen molar-refractivity contribution in [2.45, 2.75) is 6.42 Å². The smallest absolute Gasteiger partial charge is 0.289 e. The molecule has 1 aliphatic heterocycles. The van der Waals surface area contributed by atoms with Gasteiger partial charge in [-0.1, -0.05) is 18.2 Å². The minimum atomic E-state index is -0.220. The number of benzene rings is 1. The number of hydrogen-bond donors (Lipinski definition) is 0. The fraction of sp³-hybridized carbons (Fsp3) is 0.286. The maximum Gasteiger partial charge on any atom is 0.289 e. The number of hydrogen-bond acceptors (Lipinski definition) is 5. The largest absolute Gasteiger partial charge is 0.451 e. The highest BCUT2D eigenvalue weighted by Crippen LogP contribution is 2.14. The van der Waals surface area contributed by atoms with Crippen LogP contribution in [0, 0.1) is 0 Å². The predicted molar refractivity (Wildman–Crippen MR) is 103 cm³/mol. The summed E-state index contributed by atoms with van der Waals surface area (Å²) in [5, 5.41) is 0.494. The fourth-order valence-corrected chi connectivity index (χ4v) is 3.36. The maximum absolute atomic E-state index is 12.7. The van der Waals surface area contributed by atoms with Crippen LogP contribution in [0.15, 0.2) is 63.9 Å². The van der Waals surface area contributed by atoms with E-state index in [1.807, 2.05) is 24.4 Å². The molecule has 0 unspecified atom stereocenters. The van der Waals surface area contributed by atoms with Crippen LogP contribution in [0.3, 0.4) is 0 Å². The lowest BCUT2D eigenvalue weighted by Crippen LogP contribution is -2.49. The van der Waals surface area contributed by atoms with Crippen LogP contribution in [0.4, 0.5) is 0 Å². The molecular weight excluding hydrogens is 342 g/mol. The topological polar surface area (TPSA) is 66.7 Å². The van der Waals surface area contributed by atoms with E-state index < -0.39 is 0 Å². The third-order valence-electron chi connectivity index (χ3n) is 4.92. The van der Waals surface area contributed by atoms with Gasteiger partial charge in [-0.3, -0.25) is 19.5 Å². The van der Waals surface area contributed by atoms with Gasteiger partial charge in [-0.05, 0) is 24.3 Å². The Hall–Kier alpha value is -2.99. The van der Waals surface area contributed by atoms with Crippen molar-refractivity contribution < 1.29 is 9.21 Å². The van der Waals surface area contributed by atoms with Gasteiger partial charge in [0.25, 0.3) is 5.91 Å². The number of amides is 1. The Labute approximate surface area is 157 Å². The molecule has 27 heavy (non-hydrogen) atoms. The van der Waals surface area contributed by atoms with E-state index in [-0.39, 0.29) is 17.1 Å². The quantitative estimate of drug-likeness (QED) is 0.711. The second-order valence-electron chi connectivity index (χ2n) is 6.68. The predicted octanol–water partition coefficient (Wildman–Crippen LogP) is 2.19. The lowest BCUT2D eigenvalue weighted by atomic mass is 10.2. The number of para-hydroxylation sites is 1. The molecule has 0 saturated carbocycles. The minimum Gasteiger partial charge on any atom is -0.451 e. The molecule has 0 N–H and O–H groups in total. The zero-order chi connectivity index (χ0) is 18.6. The molecule has 0 bridgehead atoms. The SMILES string of the molecule is O=C(c1cc(=O)c2ccccc2o1)N1CCN(CCc2ccccn2)CC1. The number of nitrogens with zero attached hydrogens (tertiary/aromatic N) is 3. The molecule has 0 atom stereocenters. The zero-order valence-electron chi connectivity index (χ0n) is 15.0. The van der Waals surface area contributed by atoms with Crippen molar-refractivity contribution >= 4 is 16.9 Å². The molecule has 3 aromatic rings. The standard InChI is InChI=1S/C21H21N3O3/c25-18-15-20(27-19-7-2-1-6-17(18)19)21(26)24-13-11-23(12-14-24)10-8-16-5-3-4-9-22-16/h1-7,9,15H,8,10-14H2. The van der Waals surface area contributed by atoms with Crippen LogP contribution in [-0.2, 0) is 6.42 Å².